The zero-order valence-corrected chi connectivity index (χ0v) is 11.7. The number of rotatable bonds is 4. The highest BCUT2D eigenvalue weighted by Crippen LogP contribution is 2.21. The third kappa shape index (κ3) is 2.42. The number of fused-ring (bicyclic) bond motifs is 1. The molecule has 0 saturated carbocycles. The van der Waals surface area contributed by atoms with E-state index in [-0.39, 0.29) is 6.42 Å². The fraction of sp³-hybridized carbons (Fsp3) is 0.214. The van der Waals surface area contributed by atoms with Gasteiger partial charge in [0.25, 0.3) is 0 Å². The molecule has 0 saturated heterocycles. The SMILES string of the molecule is Cc1nc2cnccc2n1Cc1ccc(CC(=O)O)s1. The van der Waals surface area contributed by atoms with E-state index in [4.69, 9.17) is 5.11 Å². The Bertz CT molecular complexity index is 776. The summed E-state index contributed by atoms with van der Waals surface area (Å²) in [6, 6.07) is 5.81. The summed E-state index contributed by atoms with van der Waals surface area (Å²) in [7, 11) is 0. The van der Waals surface area contributed by atoms with E-state index in [2.05, 4.69) is 14.5 Å². The number of aliphatic carboxylic acids is 1. The molecule has 0 atom stereocenters. The van der Waals surface area contributed by atoms with Gasteiger partial charge in [-0.15, -0.1) is 11.3 Å². The van der Waals surface area contributed by atoms with E-state index in [0.717, 1.165) is 26.6 Å². The maximum atomic E-state index is 10.7. The quantitative estimate of drug-likeness (QED) is 0.800. The third-order valence-electron chi connectivity index (χ3n) is 3.10. The van der Waals surface area contributed by atoms with E-state index in [1.165, 1.54) is 11.3 Å². The minimum Gasteiger partial charge on any atom is -0.481 e. The highest BCUT2D eigenvalue weighted by atomic mass is 32.1. The highest BCUT2D eigenvalue weighted by Gasteiger charge is 2.10. The second kappa shape index (κ2) is 5.05. The molecule has 0 aliphatic carbocycles. The van der Waals surface area contributed by atoms with Gasteiger partial charge in [-0.1, -0.05) is 0 Å². The van der Waals surface area contributed by atoms with Gasteiger partial charge in [-0.3, -0.25) is 9.78 Å². The molecule has 0 aromatic carbocycles. The molecule has 0 bridgehead atoms. The molecule has 0 amide bonds. The van der Waals surface area contributed by atoms with Crippen molar-refractivity contribution in [1.82, 2.24) is 14.5 Å². The summed E-state index contributed by atoms with van der Waals surface area (Å²) in [4.78, 5) is 21.3. The van der Waals surface area contributed by atoms with Crippen LogP contribution in [0.25, 0.3) is 11.0 Å². The molecule has 0 aliphatic heterocycles. The Morgan fingerprint density at radius 1 is 1.35 bits per heavy atom. The van der Waals surface area contributed by atoms with Crippen molar-refractivity contribution in [2.75, 3.05) is 0 Å². The number of carboxylic acids is 1. The summed E-state index contributed by atoms with van der Waals surface area (Å²) in [5, 5.41) is 8.80. The first-order valence-electron chi connectivity index (χ1n) is 6.20. The molecule has 0 fully saturated rings. The van der Waals surface area contributed by atoms with Gasteiger partial charge < -0.3 is 9.67 Å². The van der Waals surface area contributed by atoms with Crippen LogP contribution in [0, 0.1) is 6.92 Å². The van der Waals surface area contributed by atoms with Gasteiger partial charge in [0.15, 0.2) is 0 Å². The topological polar surface area (TPSA) is 68.0 Å². The largest absolute Gasteiger partial charge is 0.481 e. The lowest BCUT2D eigenvalue weighted by Crippen LogP contribution is -2.00. The minimum atomic E-state index is -0.797. The molecular weight excluding hydrogens is 274 g/mol. The molecule has 3 aromatic rings. The third-order valence-corrected chi connectivity index (χ3v) is 4.17. The number of imidazole rings is 1. The summed E-state index contributed by atoms with van der Waals surface area (Å²) in [5.74, 6) is 0.134. The Morgan fingerprint density at radius 3 is 2.95 bits per heavy atom. The number of carbonyl (C=O) groups is 1. The first-order valence-corrected chi connectivity index (χ1v) is 7.01. The van der Waals surface area contributed by atoms with Crippen molar-refractivity contribution in [2.45, 2.75) is 19.9 Å². The molecule has 102 valence electrons. The van der Waals surface area contributed by atoms with Crippen LogP contribution < -0.4 is 0 Å². The van der Waals surface area contributed by atoms with Crippen molar-refractivity contribution >= 4 is 28.3 Å². The molecule has 0 aliphatic rings. The van der Waals surface area contributed by atoms with Crippen LogP contribution in [0.15, 0.2) is 30.6 Å². The van der Waals surface area contributed by atoms with E-state index in [1.807, 2.05) is 25.1 Å². The number of thiophene rings is 1. The smallest absolute Gasteiger partial charge is 0.308 e. The number of nitrogens with zero attached hydrogens (tertiary/aromatic N) is 3. The Morgan fingerprint density at radius 2 is 2.15 bits per heavy atom. The standard InChI is InChI=1S/C14H13N3O2S/c1-9-16-12-7-15-5-4-13(12)17(9)8-11-3-2-10(20-11)6-14(18)19/h2-5,7H,6,8H2,1H3,(H,18,19). The lowest BCUT2D eigenvalue weighted by Gasteiger charge is -2.04. The predicted molar refractivity (Wildman–Crippen MR) is 77.0 cm³/mol. The second-order valence-corrected chi connectivity index (χ2v) is 5.80. The van der Waals surface area contributed by atoms with Crippen LogP contribution in [0.5, 0.6) is 0 Å². The highest BCUT2D eigenvalue weighted by molar-refractivity contribution is 7.12. The van der Waals surface area contributed by atoms with Crippen LogP contribution in [0.1, 0.15) is 15.6 Å². The number of pyridine rings is 1. The Labute approximate surface area is 119 Å². The van der Waals surface area contributed by atoms with Crippen LogP contribution in [0.4, 0.5) is 0 Å². The summed E-state index contributed by atoms with van der Waals surface area (Å²) in [5.41, 5.74) is 1.93. The van der Waals surface area contributed by atoms with Crippen molar-refractivity contribution in [2.24, 2.45) is 0 Å². The monoisotopic (exact) mass is 287 g/mol. The van der Waals surface area contributed by atoms with Gasteiger partial charge in [0.1, 0.15) is 11.3 Å². The molecular formula is C14H13N3O2S. The Kier molecular flexibility index (Phi) is 3.23. The van der Waals surface area contributed by atoms with Gasteiger partial charge >= 0.3 is 5.97 Å². The second-order valence-electron chi connectivity index (χ2n) is 4.55. The van der Waals surface area contributed by atoms with Crippen LogP contribution in [0.2, 0.25) is 0 Å². The van der Waals surface area contributed by atoms with Crippen molar-refractivity contribution < 1.29 is 9.90 Å². The Balaban J connectivity index is 1.91. The molecule has 3 heterocycles. The van der Waals surface area contributed by atoms with Gasteiger partial charge in [0.2, 0.25) is 0 Å². The van der Waals surface area contributed by atoms with Crippen molar-refractivity contribution in [3.8, 4) is 0 Å². The molecule has 6 heteroatoms. The molecule has 0 unspecified atom stereocenters. The van der Waals surface area contributed by atoms with E-state index in [9.17, 15) is 4.79 Å². The summed E-state index contributed by atoms with van der Waals surface area (Å²) in [6.07, 6.45) is 3.59. The molecule has 0 spiro atoms. The van der Waals surface area contributed by atoms with Crippen LogP contribution in [0.3, 0.4) is 0 Å². The average Bonchev–Trinajstić information content (AvgIpc) is 2.95. The molecule has 20 heavy (non-hydrogen) atoms. The van der Waals surface area contributed by atoms with Crippen molar-refractivity contribution in [1.29, 1.82) is 0 Å². The van der Waals surface area contributed by atoms with Crippen molar-refractivity contribution in [3.05, 3.63) is 46.2 Å². The van der Waals surface area contributed by atoms with Crippen molar-refractivity contribution in [3.63, 3.8) is 0 Å². The fourth-order valence-corrected chi connectivity index (χ4v) is 3.21. The van der Waals surface area contributed by atoms with Gasteiger partial charge in [-0.05, 0) is 25.1 Å². The Hall–Kier alpha value is -2.21. The molecule has 5 nitrogen and oxygen atoms in total. The fourth-order valence-electron chi connectivity index (χ4n) is 2.21. The normalized spacial score (nSPS) is 11.1. The van der Waals surface area contributed by atoms with Gasteiger partial charge in [0, 0.05) is 16.0 Å². The molecule has 3 aromatic heterocycles. The first-order chi connectivity index (χ1) is 9.63. The lowest BCUT2D eigenvalue weighted by molar-refractivity contribution is -0.136. The maximum absolute atomic E-state index is 10.7. The van der Waals surface area contributed by atoms with Crippen LogP contribution >= 0.6 is 11.3 Å². The average molecular weight is 287 g/mol. The molecule has 3 rings (SSSR count). The molecule has 1 N–H and O–H groups in total. The lowest BCUT2D eigenvalue weighted by atomic mass is 10.3. The number of aromatic nitrogens is 3. The number of carboxylic acid groups (broad SMARTS) is 1. The number of hydrogen-bond donors (Lipinski definition) is 1. The zero-order chi connectivity index (χ0) is 14.1. The van der Waals surface area contributed by atoms with E-state index in [0.29, 0.717) is 6.54 Å². The summed E-state index contributed by atoms with van der Waals surface area (Å²) >= 11 is 1.53. The van der Waals surface area contributed by atoms with E-state index >= 15 is 0 Å². The zero-order valence-electron chi connectivity index (χ0n) is 10.9. The van der Waals surface area contributed by atoms with E-state index < -0.39 is 5.97 Å². The predicted octanol–water partition coefficient (Wildman–Crippen LogP) is 2.48. The summed E-state index contributed by atoms with van der Waals surface area (Å²) in [6.45, 7) is 2.67. The van der Waals surface area contributed by atoms with Crippen LogP contribution in [-0.2, 0) is 17.8 Å². The van der Waals surface area contributed by atoms with Gasteiger partial charge in [-0.2, -0.15) is 0 Å². The van der Waals surface area contributed by atoms with E-state index in [1.54, 1.807) is 12.4 Å². The number of aryl methyl sites for hydroxylation is 1. The minimum absolute atomic E-state index is 0.0816. The number of hydrogen-bond acceptors (Lipinski definition) is 4. The first kappa shape index (κ1) is 12.8. The maximum Gasteiger partial charge on any atom is 0.308 e. The molecule has 0 radical (unpaired) electrons. The summed E-state index contributed by atoms with van der Waals surface area (Å²) < 4.78 is 2.12. The van der Waals surface area contributed by atoms with Crippen LogP contribution in [-0.4, -0.2) is 25.6 Å². The van der Waals surface area contributed by atoms with Gasteiger partial charge in [-0.25, -0.2) is 4.98 Å². The van der Waals surface area contributed by atoms with Gasteiger partial charge in [0.05, 0.1) is 24.7 Å².